The molecule has 0 spiro atoms. The Balaban J connectivity index is 2.05. The molecule has 3 rings (SSSR count). The van der Waals surface area contributed by atoms with Crippen LogP contribution in [0.25, 0.3) is 10.9 Å². The zero-order chi connectivity index (χ0) is 21.7. The Morgan fingerprint density at radius 1 is 1.10 bits per heavy atom. The maximum Gasteiger partial charge on any atom is 0.257 e. The molecule has 1 amide bonds. The summed E-state index contributed by atoms with van der Waals surface area (Å²) < 4.78 is 10.8. The third-order valence-corrected chi connectivity index (χ3v) is 5.30. The van der Waals surface area contributed by atoms with Crippen molar-refractivity contribution in [2.24, 2.45) is 0 Å². The number of nitrogens with one attached hydrogen (secondary N) is 1. The fourth-order valence-electron chi connectivity index (χ4n) is 3.38. The summed E-state index contributed by atoms with van der Waals surface area (Å²) >= 11 is 6.25. The Labute approximate surface area is 181 Å². The second-order valence-electron chi connectivity index (χ2n) is 6.72. The van der Waals surface area contributed by atoms with Gasteiger partial charge in [-0.15, -0.1) is 0 Å². The van der Waals surface area contributed by atoms with Crippen molar-refractivity contribution in [2.45, 2.75) is 20.4 Å². The molecule has 1 N–H and O–H groups in total. The fraction of sp³-hybridized carbons (Fsp3) is 0.304. The van der Waals surface area contributed by atoms with Crippen LogP contribution >= 0.6 is 11.6 Å². The molecule has 0 radical (unpaired) electrons. The van der Waals surface area contributed by atoms with Gasteiger partial charge in [0, 0.05) is 47.9 Å². The van der Waals surface area contributed by atoms with Crippen molar-refractivity contribution in [1.82, 2.24) is 9.88 Å². The lowest BCUT2D eigenvalue weighted by atomic mass is 10.1. The number of ether oxygens (including phenoxy) is 2. The highest BCUT2D eigenvalue weighted by molar-refractivity contribution is 6.31. The molecule has 158 valence electrons. The fourth-order valence-corrected chi connectivity index (χ4v) is 3.55. The van der Waals surface area contributed by atoms with Crippen molar-refractivity contribution in [1.29, 1.82) is 0 Å². The van der Waals surface area contributed by atoms with Crippen LogP contribution in [0.15, 0.2) is 42.6 Å². The Bertz CT molecular complexity index is 1050. The van der Waals surface area contributed by atoms with E-state index in [-0.39, 0.29) is 5.91 Å². The van der Waals surface area contributed by atoms with Gasteiger partial charge in [-0.3, -0.25) is 9.78 Å². The van der Waals surface area contributed by atoms with Crippen LogP contribution in [0.2, 0.25) is 5.02 Å². The third kappa shape index (κ3) is 4.44. The number of pyridine rings is 1. The number of rotatable bonds is 8. The van der Waals surface area contributed by atoms with E-state index in [0.717, 1.165) is 16.5 Å². The lowest BCUT2D eigenvalue weighted by Crippen LogP contribution is -2.31. The summed E-state index contributed by atoms with van der Waals surface area (Å²) in [4.78, 5) is 19.4. The van der Waals surface area contributed by atoms with Crippen molar-refractivity contribution < 1.29 is 14.3 Å². The summed E-state index contributed by atoms with van der Waals surface area (Å²) in [5.41, 5.74) is 2.92. The molecule has 0 aliphatic carbocycles. The van der Waals surface area contributed by atoms with E-state index in [1.807, 2.05) is 44.2 Å². The molecule has 0 bridgehead atoms. The topological polar surface area (TPSA) is 63.7 Å². The van der Waals surface area contributed by atoms with Crippen molar-refractivity contribution in [3.8, 4) is 11.5 Å². The van der Waals surface area contributed by atoms with Gasteiger partial charge >= 0.3 is 0 Å². The van der Waals surface area contributed by atoms with E-state index in [2.05, 4.69) is 10.3 Å². The highest BCUT2D eigenvalue weighted by atomic mass is 35.5. The summed E-state index contributed by atoms with van der Waals surface area (Å²) in [6.07, 6.45) is 1.63. The molecule has 0 saturated carbocycles. The number of carbonyl (C=O) groups is 1. The van der Waals surface area contributed by atoms with Gasteiger partial charge in [-0.2, -0.15) is 0 Å². The lowest BCUT2D eigenvalue weighted by Gasteiger charge is -2.22. The van der Waals surface area contributed by atoms with E-state index in [4.69, 9.17) is 21.1 Å². The van der Waals surface area contributed by atoms with Gasteiger partial charge < -0.3 is 19.7 Å². The quantitative estimate of drug-likeness (QED) is 0.548. The van der Waals surface area contributed by atoms with Gasteiger partial charge in [-0.25, -0.2) is 0 Å². The lowest BCUT2D eigenvalue weighted by molar-refractivity contribution is 0.0773. The monoisotopic (exact) mass is 427 g/mol. The predicted octanol–water partition coefficient (Wildman–Crippen LogP) is 5.00. The van der Waals surface area contributed by atoms with Gasteiger partial charge in [0.25, 0.3) is 5.91 Å². The molecular weight excluding hydrogens is 402 g/mol. The second kappa shape index (κ2) is 9.67. The minimum Gasteiger partial charge on any atom is -0.497 e. The highest BCUT2D eigenvalue weighted by Crippen LogP contribution is 2.31. The molecule has 0 aliphatic heterocycles. The Kier molecular flexibility index (Phi) is 7.00. The second-order valence-corrected chi connectivity index (χ2v) is 7.15. The molecular formula is C23H26ClN3O3. The van der Waals surface area contributed by atoms with Crippen LogP contribution < -0.4 is 14.8 Å². The summed E-state index contributed by atoms with van der Waals surface area (Å²) in [5, 5.41) is 4.81. The average Bonchev–Trinajstić information content (AvgIpc) is 2.77. The van der Waals surface area contributed by atoms with E-state index in [1.165, 1.54) is 0 Å². The Morgan fingerprint density at radius 2 is 1.87 bits per heavy atom. The maximum absolute atomic E-state index is 13.1. The van der Waals surface area contributed by atoms with Crippen molar-refractivity contribution in [2.75, 3.05) is 32.6 Å². The Morgan fingerprint density at radius 3 is 2.53 bits per heavy atom. The largest absolute Gasteiger partial charge is 0.497 e. The number of hydrogen-bond acceptors (Lipinski definition) is 5. The molecule has 0 saturated heterocycles. The number of amides is 1. The van der Waals surface area contributed by atoms with Gasteiger partial charge in [0.05, 0.1) is 31.0 Å². The number of fused-ring (bicyclic) bond motifs is 1. The number of aromatic nitrogens is 1. The van der Waals surface area contributed by atoms with Crippen molar-refractivity contribution >= 4 is 34.1 Å². The van der Waals surface area contributed by atoms with Gasteiger partial charge in [-0.1, -0.05) is 11.6 Å². The average molecular weight is 428 g/mol. The standard InChI is InChI=1S/C23H26ClN3O3/c1-5-27(6-2)23(28)19-14-25-20-10-8-16(24)11-18(20)22(19)26-13-15-7-9-17(29-3)12-21(15)30-4/h7-12,14H,5-6,13H2,1-4H3,(H,25,26). The Hall–Kier alpha value is -2.99. The smallest absolute Gasteiger partial charge is 0.257 e. The number of nitrogens with zero attached hydrogens (tertiary/aromatic N) is 2. The predicted molar refractivity (Wildman–Crippen MR) is 121 cm³/mol. The van der Waals surface area contributed by atoms with Crippen molar-refractivity contribution in [3.63, 3.8) is 0 Å². The maximum atomic E-state index is 13.1. The van der Waals surface area contributed by atoms with Gasteiger partial charge in [-0.05, 0) is 44.2 Å². The first kappa shape index (κ1) is 21.7. The SMILES string of the molecule is CCN(CC)C(=O)c1cnc2ccc(Cl)cc2c1NCc1ccc(OC)cc1OC. The van der Waals surface area contributed by atoms with E-state index in [9.17, 15) is 4.79 Å². The zero-order valence-corrected chi connectivity index (χ0v) is 18.4. The number of halogens is 1. The van der Waals surface area contributed by atoms with Gasteiger partial charge in [0.2, 0.25) is 0 Å². The van der Waals surface area contributed by atoms with Crippen LogP contribution in [0.4, 0.5) is 5.69 Å². The minimum absolute atomic E-state index is 0.0708. The third-order valence-electron chi connectivity index (χ3n) is 5.06. The molecule has 0 aliphatic rings. The molecule has 1 aromatic heterocycles. The molecule has 0 atom stereocenters. The molecule has 7 heteroatoms. The normalized spacial score (nSPS) is 10.7. The van der Waals surface area contributed by atoms with Crippen LogP contribution in [0, 0.1) is 0 Å². The van der Waals surface area contributed by atoms with Crippen molar-refractivity contribution in [3.05, 3.63) is 58.7 Å². The summed E-state index contributed by atoms with van der Waals surface area (Å²) in [7, 11) is 3.24. The number of methoxy groups -OCH3 is 2. The van der Waals surface area contributed by atoms with E-state index in [1.54, 1.807) is 31.4 Å². The molecule has 0 unspecified atom stereocenters. The zero-order valence-electron chi connectivity index (χ0n) is 17.7. The van der Waals surface area contributed by atoms with Gasteiger partial charge in [0.15, 0.2) is 0 Å². The first-order chi connectivity index (χ1) is 14.5. The molecule has 6 nitrogen and oxygen atoms in total. The summed E-state index contributed by atoms with van der Waals surface area (Å²) in [6, 6.07) is 11.1. The van der Waals surface area contributed by atoms with Crippen LogP contribution in [0.3, 0.4) is 0 Å². The van der Waals surface area contributed by atoms with Crippen LogP contribution in [-0.4, -0.2) is 43.1 Å². The summed E-state index contributed by atoms with van der Waals surface area (Å²) in [5.74, 6) is 1.35. The van der Waals surface area contributed by atoms with E-state index in [0.29, 0.717) is 47.4 Å². The number of hydrogen-bond donors (Lipinski definition) is 1. The minimum atomic E-state index is -0.0708. The van der Waals surface area contributed by atoms with E-state index < -0.39 is 0 Å². The highest BCUT2D eigenvalue weighted by Gasteiger charge is 2.20. The number of anilines is 1. The molecule has 2 aromatic carbocycles. The van der Waals surface area contributed by atoms with Crippen LogP contribution in [0.1, 0.15) is 29.8 Å². The molecule has 1 heterocycles. The molecule has 3 aromatic rings. The van der Waals surface area contributed by atoms with E-state index >= 15 is 0 Å². The summed E-state index contributed by atoms with van der Waals surface area (Å²) in [6.45, 7) is 5.62. The van der Waals surface area contributed by atoms with Gasteiger partial charge in [0.1, 0.15) is 11.5 Å². The first-order valence-corrected chi connectivity index (χ1v) is 10.2. The van der Waals surface area contributed by atoms with Crippen LogP contribution in [-0.2, 0) is 6.54 Å². The molecule has 0 fully saturated rings. The number of benzene rings is 2. The van der Waals surface area contributed by atoms with Crippen LogP contribution in [0.5, 0.6) is 11.5 Å². The first-order valence-electron chi connectivity index (χ1n) is 9.84. The molecule has 30 heavy (non-hydrogen) atoms. The number of carbonyl (C=O) groups excluding carboxylic acids is 1.